The fourth-order valence-electron chi connectivity index (χ4n) is 1.54. The van der Waals surface area contributed by atoms with Crippen LogP contribution in [0.5, 0.6) is 11.5 Å². The van der Waals surface area contributed by atoms with E-state index in [1.807, 2.05) is 0 Å². The van der Waals surface area contributed by atoms with E-state index in [-0.39, 0.29) is 9.88 Å². The molecule has 0 amide bonds. The van der Waals surface area contributed by atoms with Crippen LogP contribution in [0, 0.1) is 0 Å². The summed E-state index contributed by atoms with van der Waals surface area (Å²) in [6.07, 6.45) is 2.71. The molecular formula is C13H12N2O3S2. The summed E-state index contributed by atoms with van der Waals surface area (Å²) >= 11 is 4.89. The monoisotopic (exact) mass is 308 g/mol. The Hall–Kier alpha value is -1.99. The number of sulfone groups is 1. The molecule has 0 spiro atoms. The number of nitrogens with two attached hydrogens (primary N) is 1. The maximum Gasteiger partial charge on any atom is 0.175 e. The molecule has 1 heterocycles. The fraction of sp³-hybridized carbons (Fsp3) is 0.0769. The summed E-state index contributed by atoms with van der Waals surface area (Å²) in [5.41, 5.74) is 5.94. The van der Waals surface area contributed by atoms with Crippen molar-refractivity contribution in [2.24, 2.45) is 5.73 Å². The molecule has 0 atom stereocenters. The van der Waals surface area contributed by atoms with Crippen LogP contribution in [0.15, 0.2) is 47.5 Å². The minimum atomic E-state index is -3.22. The molecule has 2 aromatic rings. The molecule has 0 aliphatic heterocycles. The van der Waals surface area contributed by atoms with E-state index in [9.17, 15) is 8.42 Å². The molecule has 20 heavy (non-hydrogen) atoms. The number of hydrogen-bond donors (Lipinski definition) is 1. The van der Waals surface area contributed by atoms with Crippen molar-refractivity contribution in [3.8, 4) is 11.5 Å². The van der Waals surface area contributed by atoms with Gasteiger partial charge in [-0.1, -0.05) is 12.2 Å². The zero-order valence-corrected chi connectivity index (χ0v) is 12.2. The summed E-state index contributed by atoms with van der Waals surface area (Å²) in [6, 6.07) is 9.45. The van der Waals surface area contributed by atoms with E-state index in [2.05, 4.69) is 4.98 Å². The third-order valence-electron chi connectivity index (χ3n) is 2.48. The van der Waals surface area contributed by atoms with Crippen molar-refractivity contribution in [1.82, 2.24) is 4.98 Å². The molecule has 5 nitrogen and oxygen atoms in total. The van der Waals surface area contributed by atoms with Crippen LogP contribution in [0.4, 0.5) is 0 Å². The van der Waals surface area contributed by atoms with Crippen molar-refractivity contribution in [1.29, 1.82) is 0 Å². The second kappa shape index (κ2) is 5.56. The second-order valence-corrected chi connectivity index (χ2v) is 6.52. The number of rotatable bonds is 4. The van der Waals surface area contributed by atoms with Gasteiger partial charge in [0, 0.05) is 12.5 Å². The molecule has 0 saturated carbocycles. The number of nitrogens with zero attached hydrogens (tertiary/aromatic N) is 1. The van der Waals surface area contributed by atoms with Gasteiger partial charge in [0.1, 0.15) is 16.4 Å². The van der Waals surface area contributed by atoms with Gasteiger partial charge in [-0.2, -0.15) is 0 Å². The third kappa shape index (κ3) is 3.31. The van der Waals surface area contributed by atoms with Crippen LogP contribution in [-0.2, 0) is 9.84 Å². The van der Waals surface area contributed by atoms with E-state index >= 15 is 0 Å². The highest BCUT2D eigenvalue weighted by Crippen LogP contribution is 2.25. The molecule has 1 aromatic heterocycles. The molecule has 0 aliphatic carbocycles. The van der Waals surface area contributed by atoms with Crippen LogP contribution in [0.1, 0.15) is 5.69 Å². The molecule has 0 fully saturated rings. The van der Waals surface area contributed by atoms with E-state index in [0.29, 0.717) is 17.2 Å². The molecule has 0 saturated heterocycles. The fourth-order valence-corrected chi connectivity index (χ4v) is 2.32. The van der Waals surface area contributed by atoms with E-state index in [1.165, 1.54) is 12.1 Å². The predicted molar refractivity (Wildman–Crippen MR) is 79.8 cm³/mol. The molecular weight excluding hydrogens is 296 g/mol. The summed E-state index contributed by atoms with van der Waals surface area (Å²) in [4.78, 5) is 4.40. The zero-order valence-electron chi connectivity index (χ0n) is 10.6. The molecule has 2 N–H and O–H groups in total. The second-order valence-electron chi connectivity index (χ2n) is 4.06. The Kier molecular flexibility index (Phi) is 4.01. The van der Waals surface area contributed by atoms with Crippen molar-refractivity contribution >= 4 is 27.0 Å². The van der Waals surface area contributed by atoms with Crippen LogP contribution in [0.3, 0.4) is 0 Å². The van der Waals surface area contributed by atoms with Gasteiger partial charge in [-0.3, -0.25) is 0 Å². The lowest BCUT2D eigenvalue weighted by molar-refractivity contribution is 0.478. The Balaban J connectivity index is 2.30. The summed E-state index contributed by atoms with van der Waals surface area (Å²) < 4.78 is 28.3. The van der Waals surface area contributed by atoms with Crippen molar-refractivity contribution in [2.75, 3.05) is 6.26 Å². The average Bonchev–Trinajstić information content (AvgIpc) is 2.38. The molecule has 0 unspecified atom stereocenters. The maximum atomic E-state index is 11.4. The first-order valence-electron chi connectivity index (χ1n) is 5.61. The van der Waals surface area contributed by atoms with Gasteiger partial charge < -0.3 is 10.5 Å². The Bertz CT molecular complexity index is 740. The minimum absolute atomic E-state index is 0.133. The minimum Gasteiger partial charge on any atom is -0.455 e. The molecule has 0 radical (unpaired) electrons. The van der Waals surface area contributed by atoms with Crippen LogP contribution in [0.25, 0.3) is 0 Å². The molecule has 104 valence electrons. The number of benzene rings is 1. The average molecular weight is 308 g/mol. The first kappa shape index (κ1) is 14.4. The molecule has 7 heteroatoms. The number of aromatic nitrogens is 1. The third-order valence-corrected chi connectivity index (χ3v) is 3.81. The quantitative estimate of drug-likeness (QED) is 0.869. The van der Waals surface area contributed by atoms with Crippen molar-refractivity contribution < 1.29 is 13.2 Å². The summed E-state index contributed by atoms with van der Waals surface area (Å²) in [6.45, 7) is 0. The highest BCUT2D eigenvalue weighted by molar-refractivity contribution is 7.90. The first-order valence-corrected chi connectivity index (χ1v) is 7.90. The van der Waals surface area contributed by atoms with Gasteiger partial charge in [-0.25, -0.2) is 13.4 Å². The highest BCUT2D eigenvalue weighted by Gasteiger charge is 2.10. The SMILES string of the molecule is CS(=O)(=O)c1ccc(Oc2cccnc2C(N)=S)cc1. The lowest BCUT2D eigenvalue weighted by Gasteiger charge is -2.09. The lowest BCUT2D eigenvalue weighted by Crippen LogP contribution is -2.12. The van der Waals surface area contributed by atoms with Crippen LogP contribution in [0.2, 0.25) is 0 Å². The number of pyridine rings is 1. The predicted octanol–water partition coefficient (Wildman–Crippen LogP) is 1.91. The number of thiocarbonyl (C=S) groups is 1. The van der Waals surface area contributed by atoms with Gasteiger partial charge in [0.05, 0.1) is 4.90 Å². The van der Waals surface area contributed by atoms with Crippen LogP contribution in [-0.4, -0.2) is 24.6 Å². The standard InChI is InChI=1S/C13H12N2O3S2/c1-20(16,17)10-6-4-9(5-7-10)18-11-3-2-8-15-12(11)13(14)19/h2-8H,1H3,(H2,14,19). The van der Waals surface area contributed by atoms with Gasteiger partial charge in [0.25, 0.3) is 0 Å². The topological polar surface area (TPSA) is 82.3 Å². The van der Waals surface area contributed by atoms with Gasteiger partial charge in [0.15, 0.2) is 15.6 Å². The van der Waals surface area contributed by atoms with Crippen LogP contribution < -0.4 is 10.5 Å². The largest absolute Gasteiger partial charge is 0.455 e. The van der Waals surface area contributed by atoms with E-state index < -0.39 is 9.84 Å². The van der Waals surface area contributed by atoms with Gasteiger partial charge in [-0.05, 0) is 36.4 Å². The van der Waals surface area contributed by atoms with Crippen molar-refractivity contribution in [3.63, 3.8) is 0 Å². The van der Waals surface area contributed by atoms with E-state index in [1.54, 1.807) is 30.5 Å². The Morgan fingerprint density at radius 1 is 1.25 bits per heavy atom. The summed E-state index contributed by atoms with van der Waals surface area (Å²) in [5.74, 6) is 0.898. The van der Waals surface area contributed by atoms with E-state index in [4.69, 9.17) is 22.7 Å². The van der Waals surface area contributed by atoms with E-state index in [0.717, 1.165) is 6.26 Å². The lowest BCUT2D eigenvalue weighted by atomic mass is 10.3. The van der Waals surface area contributed by atoms with Gasteiger partial charge >= 0.3 is 0 Å². The Morgan fingerprint density at radius 3 is 2.45 bits per heavy atom. The molecule has 1 aromatic carbocycles. The Labute approximate surface area is 122 Å². The van der Waals surface area contributed by atoms with Gasteiger partial charge in [-0.15, -0.1) is 0 Å². The van der Waals surface area contributed by atoms with Crippen molar-refractivity contribution in [2.45, 2.75) is 4.90 Å². The van der Waals surface area contributed by atoms with Crippen molar-refractivity contribution in [3.05, 3.63) is 48.3 Å². The normalized spacial score (nSPS) is 11.1. The number of ether oxygens (including phenoxy) is 1. The Morgan fingerprint density at radius 2 is 1.90 bits per heavy atom. The highest BCUT2D eigenvalue weighted by atomic mass is 32.2. The first-order chi connectivity index (χ1) is 9.38. The molecule has 2 rings (SSSR count). The van der Waals surface area contributed by atoms with Crippen LogP contribution >= 0.6 is 12.2 Å². The maximum absolute atomic E-state index is 11.4. The summed E-state index contributed by atoms with van der Waals surface area (Å²) in [5, 5.41) is 0. The smallest absolute Gasteiger partial charge is 0.175 e. The summed E-state index contributed by atoms with van der Waals surface area (Å²) in [7, 11) is -3.22. The molecule has 0 bridgehead atoms. The van der Waals surface area contributed by atoms with Gasteiger partial charge in [0.2, 0.25) is 0 Å². The molecule has 0 aliphatic rings. The number of hydrogen-bond acceptors (Lipinski definition) is 5. The zero-order chi connectivity index (χ0) is 14.8.